The van der Waals surface area contributed by atoms with Crippen molar-refractivity contribution in [1.29, 1.82) is 0 Å². The summed E-state index contributed by atoms with van der Waals surface area (Å²) in [4.78, 5) is 26.5. The number of benzene rings is 2. The largest absolute Gasteiger partial charge is 0.295 e. The Bertz CT molecular complexity index is 1240. The van der Waals surface area contributed by atoms with Gasteiger partial charge in [-0.2, -0.15) is 0 Å². The first-order valence-corrected chi connectivity index (χ1v) is 11.7. The van der Waals surface area contributed by atoms with Crippen LogP contribution in [0.3, 0.4) is 0 Å². The Kier molecular flexibility index (Phi) is 4.00. The lowest BCUT2D eigenvalue weighted by Crippen LogP contribution is -2.25. The fourth-order valence-corrected chi connectivity index (χ4v) is 5.57. The number of carbonyl (C=O) groups is 2. The molecule has 146 valence electrons. The number of sulfone groups is 1. The Morgan fingerprint density at radius 1 is 0.862 bits per heavy atom. The molecule has 0 saturated carbocycles. The van der Waals surface area contributed by atoms with E-state index in [2.05, 4.69) is 0 Å². The van der Waals surface area contributed by atoms with E-state index in [1.54, 1.807) is 24.3 Å². The van der Waals surface area contributed by atoms with E-state index in [1.165, 1.54) is 6.26 Å². The summed E-state index contributed by atoms with van der Waals surface area (Å²) in [5, 5.41) is 0. The van der Waals surface area contributed by atoms with Gasteiger partial charge in [-0.1, -0.05) is 42.0 Å². The second kappa shape index (κ2) is 6.36. The van der Waals surface area contributed by atoms with Crippen LogP contribution in [0.15, 0.2) is 70.1 Å². The van der Waals surface area contributed by atoms with Crippen molar-refractivity contribution in [2.75, 3.05) is 6.26 Å². The van der Waals surface area contributed by atoms with Crippen LogP contribution in [0.5, 0.6) is 0 Å². The van der Waals surface area contributed by atoms with E-state index in [4.69, 9.17) is 0 Å². The minimum Gasteiger partial charge on any atom is -0.295 e. The summed E-state index contributed by atoms with van der Waals surface area (Å²) in [5.41, 5.74) is 6.05. The SMILES string of the molecule is CS(=O)(=O)c1ccc(C2C3=C(CCCC3=O)CC3=C2C(=O)c2ccccc23)cc1. The second-order valence-electron chi connectivity index (χ2n) is 8.01. The fraction of sp³-hybridized carbons (Fsp3) is 0.250. The van der Waals surface area contributed by atoms with E-state index in [0.717, 1.165) is 40.7 Å². The van der Waals surface area contributed by atoms with Crippen molar-refractivity contribution in [3.63, 3.8) is 0 Å². The number of fused-ring (bicyclic) bond motifs is 2. The first-order chi connectivity index (χ1) is 13.9. The van der Waals surface area contributed by atoms with E-state index in [1.807, 2.05) is 24.3 Å². The Balaban J connectivity index is 1.72. The van der Waals surface area contributed by atoms with E-state index in [0.29, 0.717) is 24.0 Å². The van der Waals surface area contributed by atoms with Crippen LogP contribution in [0, 0.1) is 0 Å². The van der Waals surface area contributed by atoms with Gasteiger partial charge in [0.2, 0.25) is 0 Å². The summed E-state index contributed by atoms with van der Waals surface area (Å²) in [7, 11) is -3.31. The van der Waals surface area contributed by atoms with Crippen molar-refractivity contribution in [1.82, 2.24) is 0 Å². The third-order valence-electron chi connectivity index (χ3n) is 6.24. The van der Waals surface area contributed by atoms with Gasteiger partial charge < -0.3 is 0 Å². The molecule has 0 radical (unpaired) electrons. The smallest absolute Gasteiger partial charge is 0.190 e. The van der Waals surface area contributed by atoms with Gasteiger partial charge in [0.15, 0.2) is 21.4 Å². The molecule has 0 fully saturated rings. The van der Waals surface area contributed by atoms with Gasteiger partial charge in [0.25, 0.3) is 0 Å². The fourth-order valence-electron chi connectivity index (χ4n) is 4.94. The molecule has 29 heavy (non-hydrogen) atoms. The van der Waals surface area contributed by atoms with Gasteiger partial charge >= 0.3 is 0 Å². The van der Waals surface area contributed by atoms with Crippen molar-refractivity contribution in [2.24, 2.45) is 0 Å². The van der Waals surface area contributed by atoms with Crippen LogP contribution < -0.4 is 0 Å². The van der Waals surface area contributed by atoms with Gasteiger partial charge in [-0.05, 0) is 48.1 Å². The molecule has 0 heterocycles. The Hall–Kier alpha value is -2.79. The van der Waals surface area contributed by atoms with Crippen LogP contribution in [0.4, 0.5) is 0 Å². The molecule has 4 nitrogen and oxygen atoms in total. The Labute approximate surface area is 169 Å². The van der Waals surface area contributed by atoms with Crippen molar-refractivity contribution in [3.05, 3.63) is 81.9 Å². The maximum atomic E-state index is 13.3. The number of hydrogen-bond donors (Lipinski definition) is 0. The molecule has 0 aromatic heterocycles. The molecule has 0 N–H and O–H groups in total. The normalized spacial score (nSPS) is 21.2. The summed E-state index contributed by atoms with van der Waals surface area (Å²) >= 11 is 0. The van der Waals surface area contributed by atoms with Crippen molar-refractivity contribution >= 4 is 27.0 Å². The summed E-state index contributed by atoms with van der Waals surface area (Å²) in [5.74, 6) is -0.327. The zero-order valence-electron chi connectivity index (χ0n) is 16.1. The zero-order valence-corrected chi connectivity index (χ0v) is 16.9. The zero-order chi connectivity index (χ0) is 20.3. The number of allylic oxidation sites excluding steroid dienone is 4. The number of hydrogen-bond acceptors (Lipinski definition) is 4. The average molecular weight is 404 g/mol. The first-order valence-electron chi connectivity index (χ1n) is 9.78. The van der Waals surface area contributed by atoms with E-state index >= 15 is 0 Å². The van der Waals surface area contributed by atoms with Crippen LogP contribution in [0.1, 0.15) is 53.1 Å². The minimum absolute atomic E-state index is 0.0160. The van der Waals surface area contributed by atoms with Crippen LogP contribution >= 0.6 is 0 Å². The number of rotatable bonds is 2. The molecule has 2 aromatic carbocycles. The highest BCUT2D eigenvalue weighted by atomic mass is 32.2. The molecular formula is C24H20O4S. The highest BCUT2D eigenvalue weighted by molar-refractivity contribution is 7.90. The molecule has 5 rings (SSSR count). The molecule has 0 spiro atoms. The molecule has 0 bridgehead atoms. The lowest BCUT2D eigenvalue weighted by molar-refractivity contribution is -0.116. The van der Waals surface area contributed by atoms with Gasteiger partial charge in [-0.25, -0.2) is 8.42 Å². The third-order valence-corrected chi connectivity index (χ3v) is 7.37. The average Bonchev–Trinajstić information content (AvgIpc) is 2.99. The summed E-state index contributed by atoms with van der Waals surface area (Å²) < 4.78 is 23.7. The lowest BCUT2D eigenvalue weighted by Gasteiger charge is -2.32. The Morgan fingerprint density at radius 3 is 2.24 bits per heavy atom. The van der Waals surface area contributed by atoms with Crippen molar-refractivity contribution in [2.45, 2.75) is 36.5 Å². The highest BCUT2D eigenvalue weighted by Crippen LogP contribution is 2.52. The van der Waals surface area contributed by atoms with Gasteiger partial charge in [-0.15, -0.1) is 0 Å². The maximum Gasteiger partial charge on any atom is 0.190 e. The molecule has 2 aromatic rings. The topological polar surface area (TPSA) is 68.3 Å². The second-order valence-corrected chi connectivity index (χ2v) is 10.0. The summed E-state index contributed by atoms with van der Waals surface area (Å²) in [6.07, 6.45) is 4.03. The molecular weight excluding hydrogens is 384 g/mol. The Morgan fingerprint density at radius 2 is 1.55 bits per heavy atom. The van der Waals surface area contributed by atoms with Crippen LogP contribution in [0.25, 0.3) is 5.57 Å². The number of carbonyl (C=O) groups excluding carboxylic acids is 2. The standard InChI is InChI=1S/C24H20O4S/c1-29(27,28)16-11-9-14(10-12-16)22-21-15(5-4-8-20(21)25)13-19-17-6-2-3-7-18(17)24(26)23(19)22/h2-3,6-7,9-12,22H,4-5,8,13H2,1H3. The predicted molar refractivity (Wildman–Crippen MR) is 110 cm³/mol. The third kappa shape index (κ3) is 2.76. The molecule has 0 aliphatic heterocycles. The molecule has 3 aliphatic carbocycles. The molecule has 0 saturated heterocycles. The monoisotopic (exact) mass is 404 g/mol. The van der Waals surface area contributed by atoms with Gasteiger partial charge in [-0.3, -0.25) is 9.59 Å². The van der Waals surface area contributed by atoms with E-state index in [-0.39, 0.29) is 16.5 Å². The quantitative estimate of drug-likeness (QED) is 0.749. The maximum absolute atomic E-state index is 13.3. The number of Topliss-reactive ketones (excluding diaryl/α,β-unsaturated/α-hetero) is 2. The summed E-state index contributed by atoms with van der Waals surface area (Å²) in [6, 6.07) is 14.3. The van der Waals surface area contributed by atoms with E-state index in [9.17, 15) is 18.0 Å². The molecule has 1 atom stereocenters. The number of ketones is 2. The highest BCUT2D eigenvalue weighted by Gasteiger charge is 2.43. The van der Waals surface area contributed by atoms with Gasteiger partial charge in [0, 0.05) is 35.3 Å². The predicted octanol–water partition coefficient (Wildman–Crippen LogP) is 4.28. The van der Waals surface area contributed by atoms with Crippen molar-refractivity contribution in [3.8, 4) is 0 Å². The molecule has 5 heteroatoms. The molecule has 0 amide bonds. The lowest BCUT2D eigenvalue weighted by atomic mass is 9.69. The van der Waals surface area contributed by atoms with Gasteiger partial charge in [0.1, 0.15) is 0 Å². The summed E-state index contributed by atoms with van der Waals surface area (Å²) in [6.45, 7) is 0. The molecule has 1 unspecified atom stereocenters. The minimum atomic E-state index is -3.31. The van der Waals surface area contributed by atoms with Gasteiger partial charge in [0.05, 0.1) is 4.90 Å². The van der Waals surface area contributed by atoms with Crippen LogP contribution in [0.2, 0.25) is 0 Å². The first kappa shape index (κ1) is 18.3. The van der Waals surface area contributed by atoms with Crippen molar-refractivity contribution < 1.29 is 18.0 Å². The molecule has 3 aliphatic rings. The van der Waals surface area contributed by atoms with Crippen LogP contribution in [-0.2, 0) is 14.6 Å². The van der Waals surface area contributed by atoms with E-state index < -0.39 is 15.8 Å². The van der Waals surface area contributed by atoms with Crippen LogP contribution in [-0.4, -0.2) is 26.2 Å².